The van der Waals surface area contributed by atoms with Crippen molar-refractivity contribution in [3.63, 3.8) is 0 Å². The Morgan fingerprint density at radius 3 is 2.80 bits per heavy atom. The first kappa shape index (κ1) is 12.8. The quantitative estimate of drug-likeness (QED) is 0.745. The highest BCUT2D eigenvalue weighted by Crippen LogP contribution is 2.20. The first-order chi connectivity index (χ1) is 7.29. The molecular weight excluding hydrogens is 204 g/mol. The van der Waals surface area contributed by atoms with Crippen molar-refractivity contribution in [3.05, 3.63) is 0 Å². The van der Waals surface area contributed by atoms with E-state index in [1.165, 1.54) is 32.1 Å². The molecule has 0 spiro atoms. The molecule has 2 nitrogen and oxygen atoms in total. The summed E-state index contributed by atoms with van der Waals surface area (Å²) in [6.07, 6.45) is 7.69. The summed E-state index contributed by atoms with van der Waals surface area (Å²) < 4.78 is 0. The van der Waals surface area contributed by atoms with E-state index in [4.69, 9.17) is 12.2 Å². The van der Waals surface area contributed by atoms with Gasteiger partial charge in [-0.3, -0.25) is 0 Å². The Balaban J connectivity index is 2.43. The van der Waals surface area contributed by atoms with E-state index in [1.54, 1.807) is 0 Å². The second-order valence-corrected chi connectivity index (χ2v) is 4.75. The second kappa shape index (κ2) is 7.04. The largest absolute Gasteiger partial charge is 0.363 e. The van der Waals surface area contributed by atoms with E-state index in [9.17, 15) is 0 Å². The van der Waals surface area contributed by atoms with Crippen LogP contribution >= 0.6 is 12.2 Å². The van der Waals surface area contributed by atoms with Gasteiger partial charge in [-0.1, -0.05) is 20.3 Å². The Hall–Kier alpha value is -0.310. The monoisotopic (exact) mass is 228 g/mol. The van der Waals surface area contributed by atoms with Gasteiger partial charge in [0.05, 0.1) is 0 Å². The van der Waals surface area contributed by atoms with Gasteiger partial charge in [0.15, 0.2) is 5.11 Å². The molecule has 1 heterocycles. The minimum absolute atomic E-state index is 0.695. The summed E-state index contributed by atoms with van der Waals surface area (Å²) in [7, 11) is 0. The summed E-state index contributed by atoms with van der Waals surface area (Å²) in [4.78, 5) is 2.41. The van der Waals surface area contributed by atoms with Crippen molar-refractivity contribution in [3.8, 4) is 0 Å². The van der Waals surface area contributed by atoms with Gasteiger partial charge in [0.2, 0.25) is 0 Å². The van der Waals surface area contributed by atoms with Gasteiger partial charge >= 0.3 is 0 Å². The number of nitrogens with zero attached hydrogens (tertiary/aromatic N) is 1. The maximum Gasteiger partial charge on any atom is 0.169 e. The summed E-state index contributed by atoms with van der Waals surface area (Å²) in [5, 5.41) is 4.33. The van der Waals surface area contributed by atoms with E-state index in [2.05, 4.69) is 24.1 Å². The predicted octanol–water partition coefficient (Wildman–Crippen LogP) is 2.93. The molecule has 3 heteroatoms. The SMILES string of the molecule is CCCNC(=S)N1CCCCC1CCC. The van der Waals surface area contributed by atoms with Gasteiger partial charge in [-0.05, 0) is 44.3 Å². The standard InChI is InChI=1S/C12H24N2S/c1-3-7-11-8-5-6-10-14(11)12(15)13-9-4-2/h11H,3-10H2,1-2H3,(H,13,15). The lowest BCUT2D eigenvalue weighted by atomic mass is 9.99. The summed E-state index contributed by atoms with van der Waals surface area (Å²) >= 11 is 5.45. The summed E-state index contributed by atoms with van der Waals surface area (Å²) in [5.74, 6) is 0. The summed E-state index contributed by atoms with van der Waals surface area (Å²) in [6.45, 7) is 6.60. The molecule has 0 aromatic heterocycles. The Morgan fingerprint density at radius 1 is 1.33 bits per heavy atom. The average Bonchev–Trinajstić information content (AvgIpc) is 2.27. The Labute approximate surface area is 99.4 Å². The fraction of sp³-hybridized carbons (Fsp3) is 0.917. The van der Waals surface area contributed by atoms with Gasteiger partial charge < -0.3 is 10.2 Å². The van der Waals surface area contributed by atoms with Gasteiger partial charge in [-0.25, -0.2) is 0 Å². The minimum atomic E-state index is 0.695. The zero-order chi connectivity index (χ0) is 11.1. The maximum atomic E-state index is 5.45. The van der Waals surface area contributed by atoms with Gasteiger partial charge in [0, 0.05) is 19.1 Å². The molecule has 0 radical (unpaired) electrons. The van der Waals surface area contributed by atoms with Crippen LogP contribution in [0.5, 0.6) is 0 Å². The molecule has 1 rings (SSSR count). The Morgan fingerprint density at radius 2 is 2.13 bits per heavy atom. The second-order valence-electron chi connectivity index (χ2n) is 4.36. The van der Waals surface area contributed by atoms with Crippen molar-refractivity contribution in [2.45, 2.75) is 58.4 Å². The number of likely N-dealkylation sites (tertiary alicyclic amines) is 1. The number of rotatable bonds is 4. The highest BCUT2D eigenvalue weighted by molar-refractivity contribution is 7.80. The van der Waals surface area contributed by atoms with E-state index in [1.807, 2.05) is 0 Å². The molecule has 1 saturated heterocycles. The van der Waals surface area contributed by atoms with Crippen LogP contribution in [-0.4, -0.2) is 29.1 Å². The van der Waals surface area contributed by atoms with Crippen LogP contribution in [0.2, 0.25) is 0 Å². The van der Waals surface area contributed by atoms with Crippen LogP contribution in [0.3, 0.4) is 0 Å². The van der Waals surface area contributed by atoms with E-state index >= 15 is 0 Å². The molecule has 1 aliphatic rings. The molecule has 88 valence electrons. The van der Waals surface area contributed by atoms with Gasteiger partial charge in [0.25, 0.3) is 0 Å². The first-order valence-electron chi connectivity index (χ1n) is 6.34. The minimum Gasteiger partial charge on any atom is -0.363 e. The highest BCUT2D eigenvalue weighted by Gasteiger charge is 2.23. The summed E-state index contributed by atoms with van der Waals surface area (Å²) in [6, 6.07) is 0.695. The smallest absolute Gasteiger partial charge is 0.169 e. The molecule has 0 aromatic rings. The number of nitrogens with one attached hydrogen (secondary N) is 1. The summed E-state index contributed by atoms with van der Waals surface area (Å²) in [5.41, 5.74) is 0. The van der Waals surface area contributed by atoms with Crippen LogP contribution < -0.4 is 5.32 Å². The fourth-order valence-electron chi connectivity index (χ4n) is 2.23. The molecule has 1 fully saturated rings. The van der Waals surface area contributed by atoms with Crippen molar-refractivity contribution in [2.75, 3.05) is 13.1 Å². The third-order valence-electron chi connectivity index (χ3n) is 3.04. The van der Waals surface area contributed by atoms with Crippen LogP contribution in [0, 0.1) is 0 Å². The van der Waals surface area contributed by atoms with Gasteiger partial charge in [-0.15, -0.1) is 0 Å². The van der Waals surface area contributed by atoms with Crippen molar-refractivity contribution in [1.82, 2.24) is 10.2 Å². The van der Waals surface area contributed by atoms with E-state index in [0.717, 1.165) is 24.6 Å². The molecule has 0 saturated carbocycles. The molecule has 1 unspecified atom stereocenters. The topological polar surface area (TPSA) is 15.3 Å². The van der Waals surface area contributed by atoms with Crippen LogP contribution in [0.1, 0.15) is 52.4 Å². The lowest BCUT2D eigenvalue weighted by molar-refractivity contribution is 0.226. The molecule has 15 heavy (non-hydrogen) atoms. The number of thiocarbonyl (C=S) groups is 1. The molecule has 0 bridgehead atoms. The molecule has 1 atom stereocenters. The van der Waals surface area contributed by atoms with Gasteiger partial charge in [-0.2, -0.15) is 0 Å². The lowest BCUT2D eigenvalue weighted by Gasteiger charge is -2.37. The highest BCUT2D eigenvalue weighted by atomic mass is 32.1. The predicted molar refractivity (Wildman–Crippen MR) is 70.1 cm³/mol. The van der Waals surface area contributed by atoms with E-state index < -0.39 is 0 Å². The Bertz CT molecular complexity index is 192. The van der Waals surface area contributed by atoms with Crippen LogP contribution in [0.15, 0.2) is 0 Å². The third-order valence-corrected chi connectivity index (χ3v) is 3.41. The third kappa shape index (κ3) is 3.98. The van der Waals surface area contributed by atoms with Crippen LogP contribution in [-0.2, 0) is 0 Å². The zero-order valence-electron chi connectivity index (χ0n) is 10.1. The molecular formula is C12H24N2S. The fourth-order valence-corrected chi connectivity index (χ4v) is 2.58. The number of hydrogen-bond donors (Lipinski definition) is 1. The average molecular weight is 228 g/mol. The van der Waals surface area contributed by atoms with E-state index in [0.29, 0.717) is 6.04 Å². The molecule has 1 aliphatic heterocycles. The van der Waals surface area contributed by atoms with Crippen molar-refractivity contribution in [1.29, 1.82) is 0 Å². The molecule has 0 aromatic carbocycles. The lowest BCUT2D eigenvalue weighted by Crippen LogP contribution is -2.48. The van der Waals surface area contributed by atoms with Crippen LogP contribution in [0.25, 0.3) is 0 Å². The normalized spacial score (nSPS) is 21.5. The maximum absolute atomic E-state index is 5.45. The van der Waals surface area contributed by atoms with E-state index in [-0.39, 0.29) is 0 Å². The van der Waals surface area contributed by atoms with Crippen molar-refractivity contribution < 1.29 is 0 Å². The molecule has 0 aliphatic carbocycles. The molecule has 1 N–H and O–H groups in total. The number of piperidine rings is 1. The van der Waals surface area contributed by atoms with Crippen molar-refractivity contribution in [2.24, 2.45) is 0 Å². The molecule has 0 amide bonds. The first-order valence-corrected chi connectivity index (χ1v) is 6.74. The zero-order valence-corrected chi connectivity index (χ0v) is 10.9. The van der Waals surface area contributed by atoms with Crippen molar-refractivity contribution >= 4 is 17.3 Å². The Kier molecular flexibility index (Phi) is 5.99. The van der Waals surface area contributed by atoms with Gasteiger partial charge in [0.1, 0.15) is 0 Å². The van der Waals surface area contributed by atoms with Crippen LogP contribution in [0.4, 0.5) is 0 Å². The number of hydrogen-bond acceptors (Lipinski definition) is 1.